The number of carbonyl (C=O) groups excluding carboxylic acids is 1. The maximum atomic E-state index is 11.9. The highest BCUT2D eigenvalue weighted by Gasteiger charge is 2.20. The molecule has 0 unspecified atom stereocenters. The molecule has 0 aliphatic carbocycles. The summed E-state index contributed by atoms with van der Waals surface area (Å²) in [7, 11) is 0. The van der Waals surface area contributed by atoms with Crippen LogP contribution in [0.25, 0.3) is 0 Å². The number of pyridine rings is 1. The Bertz CT molecular complexity index is 388. The predicted octanol–water partition coefficient (Wildman–Crippen LogP) is 1.66. The number of rotatable bonds is 5. The highest BCUT2D eigenvalue weighted by Crippen LogP contribution is 2.10. The zero-order valence-electron chi connectivity index (χ0n) is 11.6. The van der Waals surface area contributed by atoms with Gasteiger partial charge in [0.2, 0.25) is 5.91 Å². The molecule has 4 nitrogen and oxygen atoms in total. The molecular weight excluding hydrogens is 238 g/mol. The lowest BCUT2D eigenvalue weighted by Gasteiger charge is -2.29. The van der Waals surface area contributed by atoms with Crippen molar-refractivity contribution in [3.05, 3.63) is 30.1 Å². The van der Waals surface area contributed by atoms with Gasteiger partial charge in [-0.25, -0.2) is 0 Å². The van der Waals surface area contributed by atoms with E-state index in [1.807, 2.05) is 12.1 Å². The van der Waals surface area contributed by atoms with Crippen LogP contribution in [0.3, 0.4) is 0 Å². The highest BCUT2D eigenvalue weighted by molar-refractivity contribution is 5.76. The number of amides is 1. The van der Waals surface area contributed by atoms with Crippen molar-refractivity contribution < 1.29 is 4.79 Å². The fraction of sp³-hybridized carbons (Fsp3) is 0.600. The molecule has 1 amide bonds. The molecule has 2 atom stereocenters. The van der Waals surface area contributed by atoms with Gasteiger partial charge in [-0.3, -0.25) is 9.78 Å². The number of nitrogens with zero attached hydrogens (tertiary/aromatic N) is 1. The van der Waals surface area contributed by atoms with Crippen LogP contribution in [0.15, 0.2) is 24.5 Å². The molecule has 1 aromatic heterocycles. The molecule has 2 rings (SSSR count). The topological polar surface area (TPSA) is 54.0 Å². The first-order valence-electron chi connectivity index (χ1n) is 7.17. The lowest BCUT2D eigenvalue weighted by Crippen LogP contribution is -2.50. The highest BCUT2D eigenvalue weighted by atomic mass is 16.1. The van der Waals surface area contributed by atoms with Crippen molar-refractivity contribution in [3.63, 3.8) is 0 Å². The molecule has 1 aliphatic rings. The van der Waals surface area contributed by atoms with Gasteiger partial charge in [-0.2, -0.15) is 0 Å². The van der Waals surface area contributed by atoms with E-state index in [2.05, 4.69) is 22.5 Å². The van der Waals surface area contributed by atoms with E-state index in [1.54, 1.807) is 12.4 Å². The van der Waals surface area contributed by atoms with Gasteiger partial charge < -0.3 is 10.6 Å². The molecule has 0 radical (unpaired) electrons. The van der Waals surface area contributed by atoms with Gasteiger partial charge in [0, 0.05) is 30.9 Å². The van der Waals surface area contributed by atoms with Gasteiger partial charge in [0.15, 0.2) is 0 Å². The van der Waals surface area contributed by atoms with E-state index in [4.69, 9.17) is 0 Å². The Balaban J connectivity index is 1.71. The molecule has 1 fully saturated rings. The third kappa shape index (κ3) is 4.63. The van der Waals surface area contributed by atoms with Crippen LogP contribution < -0.4 is 10.6 Å². The van der Waals surface area contributed by atoms with Crippen molar-refractivity contribution in [2.75, 3.05) is 6.54 Å². The van der Waals surface area contributed by atoms with Crippen molar-refractivity contribution in [1.29, 1.82) is 0 Å². The van der Waals surface area contributed by atoms with Crippen LogP contribution in [0.2, 0.25) is 0 Å². The molecule has 19 heavy (non-hydrogen) atoms. The number of piperidine rings is 1. The zero-order chi connectivity index (χ0) is 13.5. The fourth-order valence-corrected chi connectivity index (χ4v) is 2.54. The second-order valence-electron chi connectivity index (χ2n) is 5.27. The number of hydrogen-bond donors (Lipinski definition) is 2. The molecule has 104 valence electrons. The van der Waals surface area contributed by atoms with Crippen LogP contribution in [0.4, 0.5) is 0 Å². The van der Waals surface area contributed by atoms with Gasteiger partial charge >= 0.3 is 0 Å². The summed E-state index contributed by atoms with van der Waals surface area (Å²) in [5, 5.41) is 6.58. The zero-order valence-corrected chi connectivity index (χ0v) is 11.6. The summed E-state index contributed by atoms with van der Waals surface area (Å²) in [6.07, 6.45) is 8.52. The molecule has 0 aromatic carbocycles. The lowest BCUT2D eigenvalue weighted by molar-refractivity contribution is -0.121. The van der Waals surface area contributed by atoms with Crippen LogP contribution in [0.1, 0.15) is 38.2 Å². The Morgan fingerprint density at radius 2 is 2.26 bits per heavy atom. The van der Waals surface area contributed by atoms with Crippen molar-refractivity contribution in [2.45, 2.75) is 51.1 Å². The molecular formula is C15H23N3O. The quantitative estimate of drug-likeness (QED) is 0.847. The standard InChI is InChI=1S/C15H23N3O/c1-12(14-4-2-3-9-17-14)18-15(19)6-5-13-7-10-16-11-8-13/h7-8,10-12,14,17H,2-6,9H2,1H3,(H,18,19)/t12-,14-/m0/s1. The van der Waals surface area contributed by atoms with Gasteiger partial charge in [-0.15, -0.1) is 0 Å². The minimum absolute atomic E-state index is 0.136. The summed E-state index contributed by atoms with van der Waals surface area (Å²) in [5.74, 6) is 0.136. The first-order chi connectivity index (χ1) is 9.25. The van der Waals surface area contributed by atoms with E-state index in [-0.39, 0.29) is 11.9 Å². The molecule has 1 saturated heterocycles. The van der Waals surface area contributed by atoms with Crippen LogP contribution >= 0.6 is 0 Å². The third-order valence-corrected chi connectivity index (χ3v) is 3.73. The molecule has 2 N–H and O–H groups in total. The molecule has 1 aromatic rings. The van der Waals surface area contributed by atoms with Gasteiger partial charge in [-0.1, -0.05) is 6.42 Å². The predicted molar refractivity (Wildman–Crippen MR) is 75.8 cm³/mol. The molecule has 1 aliphatic heterocycles. The number of hydrogen-bond acceptors (Lipinski definition) is 3. The van der Waals surface area contributed by atoms with Gasteiger partial charge in [0.1, 0.15) is 0 Å². The van der Waals surface area contributed by atoms with Gasteiger partial charge in [-0.05, 0) is 50.4 Å². The number of aryl methyl sites for hydroxylation is 1. The molecule has 0 bridgehead atoms. The average molecular weight is 261 g/mol. The SMILES string of the molecule is C[C@H](NC(=O)CCc1ccncc1)[C@@H]1CCCCN1. The van der Waals surface area contributed by atoms with Crippen LogP contribution in [0, 0.1) is 0 Å². The second-order valence-corrected chi connectivity index (χ2v) is 5.27. The summed E-state index contributed by atoms with van der Waals surface area (Å²) in [4.78, 5) is 15.9. The third-order valence-electron chi connectivity index (χ3n) is 3.73. The van der Waals surface area contributed by atoms with E-state index in [0.717, 1.165) is 24.9 Å². The Kier molecular flexibility index (Phi) is 5.33. The van der Waals surface area contributed by atoms with E-state index in [9.17, 15) is 4.79 Å². The van der Waals surface area contributed by atoms with E-state index in [0.29, 0.717) is 12.5 Å². The Morgan fingerprint density at radius 3 is 2.95 bits per heavy atom. The Hall–Kier alpha value is -1.42. The largest absolute Gasteiger partial charge is 0.352 e. The normalized spacial score (nSPS) is 20.8. The van der Waals surface area contributed by atoms with E-state index in [1.165, 1.54) is 12.8 Å². The second kappa shape index (κ2) is 7.24. The van der Waals surface area contributed by atoms with Crippen LogP contribution in [0.5, 0.6) is 0 Å². The monoisotopic (exact) mass is 261 g/mol. The van der Waals surface area contributed by atoms with Crippen LogP contribution in [-0.4, -0.2) is 29.5 Å². The first-order valence-corrected chi connectivity index (χ1v) is 7.17. The Morgan fingerprint density at radius 1 is 1.47 bits per heavy atom. The van der Waals surface area contributed by atoms with Crippen LogP contribution in [-0.2, 0) is 11.2 Å². The summed E-state index contributed by atoms with van der Waals surface area (Å²) in [6.45, 7) is 3.16. The minimum Gasteiger partial charge on any atom is -0.352 e. The Labute approximate surface area is 115 Å². The molecule has 0 spiro atoms. The van der Waals surface area contributed by atoms with Crippen molar-refractivity contribution in [2.24, 2.45) is 0 Å². The summed E-state index contributed by atoms with van der Waals surface area (Å²) in [5.41, 5.74) is 1.16. The molecule has 0 saturated carbocycles. The number of carbonyl (C=O) groups is 1. The number of nitrogens with one attached hydrogen (secondary N) is 2. The molecule has 2 heterocycles. The summed E-state index contributed by atoms with van der Waals surface area (Å²) >= 11 is 0. The smallest absolute Gasteiger partial charge is 0.220 e. The fourth-order valence-electron chi connectivity index (χ4n) is 2.54. The van der Waals surface area contributed by atoms with Crippen molar-refractivity contribution in [3.8, 4) is 0 Å². The summed E-state index contributed by atoms with van der Waals surface area (Å²) < 4.78 is 0. The first kappa shape index (κ1) is 14.0. The van der Waals surface area contributed by atoms with E-state index < -0.39 is 0 Å². The van der Waals surface area contributed by atoms with Gasteiger partial charge in [0.05, 0.1) is 0 Å². The van der Waals surface area contributed by atoms with E-state index >= 15 is 0 Å². The van der Waals surface area contributed by atoms with Crippen molar-refractivity contribution in [1.82, 2.24) is 15.6 Å². The number of aromatic nitrogens is 1. The average Bonchev–Trinajstić information content (AvgIpc) is 2.47. The maximum absolute atomic E-state index is 11.9. The molecule has 4 heteroatoms. The lowest BCUT2D eigenvalue weighted by atomic mass is 9.99. The summed E-state index contributed by atoms with van der Waals surface area (Å²) in [6, 6.07) is 4.56. The maximum Gasteiger partial charge on any atom is 0.220 e. The van der Waals surface area contributed by atoms with Gasteiger partial charge in [0.25, 0.3) is 0 Å². The van der Waals surface area contributed by atoms with Crippen molar-refractivity contribution >= 4 is 5.91 Å². The minimum atomic E-state index is 0.136.